The molecule has 0 radical (unpaired) electrons. The van der Waals surface area contributed by atoms with E-state index in [4.69, 9.17) is 0 Å². The molecule has 1 aromatic rings. The highest BCUT2D eigenvalue weighted by Gasteiger charge is 2.09. The minimum absolute atomic E-state index is 0.262. The van der Waals surface area contributed by atoms with Crippen LogP contribution in [0, 0.1) is 0 Å². The maximum Gasteiger partial charge on any atom is 0.0715 e. The molecule has 1 aliphatic heterocycles. The molecule has 0 amide bonds. The summed E-state index contributed by atoms with van der Waals surface area (Å²) in [7, 11) is 0. The van der Waals surface area contributed by atoms with E-state index in [1.165, 1.54) is 0 Å². The van der Waals surface area contributed by atoms with Gasteiger partial charge in [-0.05, 0) is 29.7 Å². The van der Waals surface area contributed by atoms with Crippen molar-refractivity contribution in [1.82, 2.24) is 0 Å². The molecule has 0 bridgehead atoms. The van der Waals surface area contributed by atoms with E-state index in [0.717, 1.165) is 24.2 Å². The van der Waals surface area contributed by atoms with Crippen molar-refractivity contribution in [2.75, 3.05) is 11.9 Å². The first-order chi connectivity index (χ1) is 5.77. The molecule has 1 N–H and O–H groups in total. The van der Waals surface area contributed by atoms with Crippen LogP contribution in [0.3, 0.4) is 0 Å². The van der Waals surface area contributed by atoms with Gasteiger partial charge in [0.1, 0.15) is 0 Å². The molecular weight excluding hydrogens is 154 g/mol. The van der Waals surface area contributed by atoms with E-state index < -0.39 is 5.97 Å². The number of carboxylic acid groups (broad SMARTS) is 1. The van der Waals surface area contributed by atoms with Crippen LogP contribution >= 0.6 is 0 Å². The van der Waals surface area contributed by atoms with Crippen LogP contribution in [0.4, 0.5) is 5.69 Å². The predicted octanol–water partition coefficient (Wildman–Crippen LogP) is 0.0181. The monoisotopic (exact) mass is 162 g/mol. The van der Waals surface area contributed by atoms with Crippen LogP contribution < -0.4 is 10.4 Å². The quantitative estimate of drug-likeness (QED) is 0.633. The third-order valence-electron chi connectivity index (χ3n) is 2.05. The van der Waals surface area contributed by atoms with E-state index in [1.807, 2.05) is 0 Å². The Balaban J connectivity index is 2.45. The Kier molecular flexibility index (Phi) is 1.50. The van der Waals surface area contributed by atoms with Gasteiger partial charge in [0.25, 0.3) is 0 Å². The van der Waals surface area contributed by atoms with Crippen molar-refractivity contribution in [3.05, 3.63) is 29.3 Å². The lowest BCUT2D eigenvalue weighted by atomic mass is 10.1. The molecule has 3 heteroatoms. The van der Waals surface area contributed by atoms with Gasteiger partial charge in [-0.2, -0.15) is 0 Å². The lowest BCUT2D eigenvalue weighted by molar-refractivity contribution is -0.255. The second-order valence-corrected chi connectivity index (χ2v) is 2.84. The molecule has 1 aliphatic rings. The molecule has 0 unspecified atom stereocenters. The maximum absolute atomic E-state index is 10.5. The van der Waals surface area contributed by atoms with Crippen LogP contribution in [-0.2, 0) is 6.42 Å². The smallest absolute Gasteiger partial charge is 0.0715 e. The molecule has 0 spiro atoms. The van der Waals surface area contributed by atoms with Crippen molar-refractivity contribution in [2.45, 2.75) is 6.42 Å². The van der Waals surface area contributed by atoms with Crippen LogP contribution in [0.5, 0.6) is 0 Å². The van der Waals surface area contributed by atoms with Gasteiger partial charge in [-0.15, -0.1) is 0 Å². The molecule has 12 heavy (non-hydrogen) atoms. The third-order valence-corrected chi connectivity index (χ3v) is 2.05. The summed E-state index contributed by atoms with van der Waals surface area (Å²) >= 11 is 0. The van der Waals surface area contributed by atoms with Crippen molar-refractivity contribution in [3.8, 4) is 0 Å². The number of hydrogen-bond donors (Lipinski definition) is 1. The summed E-state index contributed by atoms with van der Waals surface area (Å²) in [5.74, 6) is -1.11. The van der Waals surface area contributed by atoms with Gasteiger partial charge in [-0.3, -0.25) is 0 Å². The molecule has 0 aromatic heterocycles. The topological polar surface area (TPSA) is 52.2 Å². The van der Waals surface area contributed by atoms with Crippen LogP contribution in [0.15, 0.2) is 18.2 Å². The van der Waals surface area contributed by atoms with Gasteiger partial charge in [-0.1, -0.05) is 6.07 Å². The minimum atomic E-state index is -1.11. The molecular formula is C9H8NO2-. The largest absolute Gasteiger partial charge is 0.545 e. The lowest BCUT2D eigenvalue weighted by Gasteiger charge is -2.04. The van der Waals surface area contributed by atoms with E-state index in [9.17, 15) is 9.90 Å². The molecule has 0 saturated carbocycles. The average Bonchev–Trinajstić information content (AvgIpc) is 2.49. The van der Waals surface area contributed by atoms with Crippen molar-refractivity contribution in [1.29, 1.82) is 0 Å². The highest BCUT2D eigenvalue weighted by molar-refractivity contribution is 5.87. The number of rotatable bonds is 1. The van der Waals surface area contributed by atoms with Gasteiger partial charge >= 0.3 is 0 Å². The Bertz CT molecular complexity index is 333. The number of fused-ring (bicyclic) bond motifs is 1. The number of benzene rings is 1. The van der Waals surface area contributed by atoms with Crippen molar-refractivity contribution in [3.63, 3.8) is 0 Å². The Morgan fingerprint density at radius 1 is 1.50 bits per heavy atom. The summed E-state index contributed by atoms with van der Waals surface area (Å²) in [6, 6.07) is 5.02. The Labute approximate surface area is 70.0 Å². The lowest BCUT2D eigenvalue weighted by Crippen LogP contribution is -2.22. The second kappa shape index (κ2) is 2.52. The number of carbonyl (C=O) groups is 1. The summed E-state index contributed by atoms with van der Waals surface area (Å²) in [5, 5.41) is 13.6. The highest BCUT2D eigenvalue weighted by atomic mass is 16.4. The molecule has 0 atom stereocenters. The fourth-order valence-electron chi connectivity index (χ4n) is 1.43. The molecule has 3 nitrogen and oxygen atoms in total. The summed E-state index contributed by atoms with van der Waals surface area (Å²) < 4.78 is 0. The van der Waals surface area contributed by atoms with Gasteiger partial charge in [0.05, 0.1) is 5.97 Å². The molecule has 1 heterocycles. The highest BCUT2D eigenvalue weighted by Crippen LogP contribution is 2.22. The predicted molar refractivity (Wildman–Crippen MR) is 43.0 cm³/mol. The zero-order chi connectivity index (χ0) is 8.55. The van der Waals surface area contributed by atoms with Gasteiger partial charge in [0.2, 0.25) is 0 Å². The summed E-state index contributed by atoms with van der Waals surface area (Å²) in [5.41, 5.74) is 2.37. The van der Waals surface area contributed by atoms with E-state index in [2.05, 4.69) is 5.32 Å². The molecule has 62 valence electrons. The van der Waals surface area contributed by atoms with Crippen molar-refractivity contribution < 1.29 is 9.90 Å². The molecule has 2 rings (SSSR count). The van der Waals surface area contributed by atoms with Crippen molar-refractivity contribution >= 4 is 11.7 Å². The van der Waals surface area contributed by atoms with Crippen LogP contribution in [0.2, 0.25) is 0 Å². The van der Waals surface area contributed by atoms with E-state index in [1.54, 1.807) is 18.2 Å². The SMILES string of the molecule is O=C([O-])c1ccc2c(c1)CCN2. The Morgan fingerprint density at radius 3 is 3.08 bits per heavy atom. The fourth-order valence-corrected chi connectivity index (χ4v) is 1.43. The summed E-state index contributed by atoms with van der Waals surface area (Å²) in [6.45, 7) is 0.895. The van der Waals surface area contributed by atoms with Gasteiger partial charge < -0.3 is 15.2 Å². The zero-order valence-electron chi connectivity index (χ0n) is 6.46. The molecule has 0 fully saturated rings. The second-order valence-electron chi connectivity index (χ2n) is 2.84. The summed E-state index contributed by atoms with van der Waals surface area (Å²) in [6.07, 6.45) is 0.899. The number of carboxylic acids is 1. The Hall–Kier alpha value is -1.51. The van der Waals surface area contributed by atoms with Crippen LogP contribution in [0.1, 0.15) is 15.9 Å². The molecule has 0 aliphatic carbocycles. The normalized spacial score (nSPS) is 13.7. The first-order valence-electron chi connectivity index (χ1n) is 3.85. The number of anilines is 1. The number of aromatic carboxylic acids is 1. The average molecular weight is 162 g/mol. The van der Waals surface area contributed by atoms with E-state index in [-0.39, 0.29) is 5.56 Å². The summed E-state index contributed by atoms with van der Waals surface area (Å²) in [4.78, 5) is 10.5. The van der Waals surface area contributed by atoms with Crippen LogP contribution in [-0.4, -0.2) is 12.5 Å². The molecule has 1 aromatic carbocycles. The minimum Gasteiger partial charge on any atom is -0.545 e. The first kappa shape index (κ1) is 7.16. The van der Waals surface area contributed by atoms with E-state index >= 15 is 0 Å². The maximum atomic E-state index is 10.5. The standard InChI is InChI=1S/C9H9NO2/c11-9(12)7-1-2-8-6(5-7)3-4-10-8/h1-2,5,10H,3-4H2,(H,11,12)/p-1. The van der Waals surface area contributed by atoms with Gasteiger partial charge in [-0.25, -0.2) is 0 Å². The first-order valence-corrected chi connectivity index (χ1v) is 3.85. The third kappa shape index (κ3) is 1.03. The van der Waals surface area contributed by atoms with Gasteiger partial charge in [0.15, 0.2) is 0 Å². The fraction of sp³-hybridized carbons (Fsp3) is 0.222. The number of nitrogens with one attached hydrogen (secondary N) is 1. The number of carbonyl (C=O) groups excluding carboxylic acids is 1. The van der Waals surface area contributed by atoms with Crippen LogP contribution in [0.25, 0.3) is 0 Å². The van der Waals surface area contributed by atoms with Crippen molar-refractivity contribution in [2.24, 2.45) is 0 Å². The van der Waals surface area contributed by atoms with Gasteiger partial charge in [0, 0.05) is 12.2 Å². The molecule has 0 saturated heterocycles. The Morgan fingerprint density at radius 2 is 2.33 bits per heavy atom. The zero-order valence-corrected chi connectivity index (χ0v) is 6.46. The number of hydrogen-bond acceptors (Lipinski definition) is 3. The van der Waals surface area contributed by atoms with E-state index in [0.29, 0.717) is 0 Å².